The lowest BCUT2D eigenvalue weighted by Gasteiger charge is -2.18. The first kappa shape index (κ1) is 24.1. The van der Waals surface area contributed by atoms with Gasteiger partial charge in [0.2, 0.25) is 0 Å². The zero-order valence-electron chi connectivity index (χ0n) is 19.6. The molecule has 0 amide bonds. The molecular formula is C28H25ClN2O4. The van der Waals surface area contributed by atoms with Gasteiger partial charge in [-0.25, -0.2) is 9.59 Å². The van der Waals surface area contributed by atoms with E-state index in [0.717, 1.165) is 33.8 Å². The highest BCUT2D eigenvalue weighted by molar-refractivity contribution is 6.31. The van der Waals surface area contributed by atoms with E-state index in [0.29, 0.717) is 22.8 Å². The fourth-order valence-electron chi connectivity index (χ4n) is 4.25. The predicted molar refractivity (Wildman–Crippen MR) is 138 cm³/mol. The van der Waals surface area contributed by atoms with Gasteiger partial charge in [0.1, 0.15) is 0 Å². The Morgan fingerprint density at radius 1 is 0.857 bits per heavy atom. The quantitative estimate of drug-likeness (QED) is 0.266. The first-order chi connectivity index (χ1) is 16.7. The van der Waals surface area contributed by atoms with Crippen LogP contribution in [-0.2, 0) is 6.42 Å². The monoisotopic (exact) mass is 488 g/mol. The van der Waals surface area contributed by atoms with Crippen molar-refractivity contribution < 1.29 is 19.8 Å². The molecule has 1 heterocycles. The third-order valence-corrected chi connectivity index (χ3v) is 6.36. The highest BCUT2D eigenvalue weighted by Gasteiger charge is 2.18. The van der Waals surface area contributed by atoms with Crippen LogP contribution < -0.4 is 5.32 Å². The molecule has 0 radical (unpaired) electrons. The first-order valence-electron chi connectivity index (χ1n) is 11.1. The van der Waals surface area contributed by atoms with E-state index in [4.69, 9.17) is 11.6 Å². The van der Waals surface area contributed by atoms with Crippen molar-refractivity contribution in [2.24, 2.45) is 0 Å². The third-order valence-electron chi connectivity index (χ3n) is 6.13. The van der Waals surface area contributed by atoms with E-state index in [1.54, 1.807) is 36.4 Å². The van der Waals surface area contributed by atoms with Crippen molar-refractivity contribution in [1.82, 2.24) is 4.57 Å². The summed E-state index contributed by atoms with van der Waals surface area (Å²) in [4.78, 5) is 23.6. The number of halogens is 1. The molecule has 0 saturated carbocycles. The summed E-state index contributed by atoms with van der Waals surface area (Å²) in [6.45, 7) is 5.93. The first-order valence-corrected chi connectivity index (χ1v) is 11.4. The Morgan fingerprint density at radius 2 is 1.57 bits per heavy atom. The van der Waals surface area contributed by atoms with Crippen LogP contribution in [0.3, 0.4) is 0 Å². The number of carboxylic acids is 2. The molecule has 35 heavy (non-hydrogen) atoms. The number of anilines is 2. The Labute approximate surface area is 208 Å². The molecule has 4 rings (SSSR count). The topological polar surface area (TPSA) is 91.6 Å². The van der Waals surface area contributed by atoms with E-state index in [1.165, 1.54) is 6.07 Å². The molecule has 0 spiro atoms. The fraction of sp³-hybridized carbons (Fsp3) is 0.143. The minimum absolute atomic E-state index is 0.130. The normalized spacial score (nSPS) is 10.9. The summed E-state index contributed by atoms with van der Waals surface area (Å²) in [7, 11) is 0. The molecule has 1 aromatic heterocycles. The predicted octanol–water partition coefficient (Wildman–Crippen LogP) is 6.79. The fourth-order valence-corrected chi connectivity index (χ4v) is 4.42. The molecule has 7 heteroatoms. The van der Waals surface area contributed by atoms with Crippen molar-refractivity contribution in [3.05, 3.63) is 111 Å². The second-order valence-electron chi connectivity index (χ2n) is 8.51. The Morgan fingerprint density at radius 3 is 2.29 bits per heavy atom. The Balaban J connectivity index is 1.75. The van der Waals surface area contributed by atoms with Crippen molar-refractivity contribution in [3.63, 3.8) is 0 Å². The molecule has 0 aliphatic rings. The smallest absolute Gasteiger partial charge is 0.337 e. The molecule has 0 saturated heterocycles. The molecule has 0 aliphatic heterocycles. The molecule has 3 N–H and O–H groups in total. The number of hydrogen-bond acceptors (Lipinski definition) is 3. The summed E-state index contributed by atoms with van der Waals surface area (Å²) in [5.41, 5.74) is 7.14. The molecule has 4 aromatic rings. The van der Waals surface area contributed by atoms with Gasteiger partial charge in [0, 0.05) is 28.5 Å². The number of rotatable bonds is 7. The molecule has 3 aromatic carbocycles. The second kappa shape index (κ2) is 9.68. The Kier molecular flexibility index (Phi) is 6.67. The van der Waals surface area contributed by atoms with Crippen molar-refractivity contribution in [2.45, 2.75) is 27.2 Å². The minimum Gasteiger partial charge on any atom is -0.478 e. The summed E-state index contributed by atoms with van der Waals surface area (Å²) in [5, 5.41) is 22.9. The van der Waals surface area contributed by atoms with Gasteiger partial charge < -0.3 is 20.1 Å². The summed E-state index contributed by atoms with van der Waals surface area (Å²) in [5.74, 6) is -2.04. The van der Waals surface area contributed by atoms with E-state index >= 15 is 0 Å². The maximum Gasteiger partial charge on any atom is 0.337 e. The lowest BCUT2D eigenvalue weighted by Crippen LogP contribution is -2.10. The van der Waals surface area contributed by atoms with E-state index in [-0.39, 0.29) is 11.1 Å². The van der Waals surface area contributed by atoms with Crippen molar-refractivity contribution >= 4 is 34.9 Å². The highest BCUT2D eigenvalue weighted by atomic mass is 35.5. The van der Waals surface area contributed by atoms with Gasteiger partial charge in [0.25, 0.3) is 0 Å². The highest BCUT2D eigenvalue weighted by Crippen LogP contribution is 2.30. The van der Waals surface area contributed by atoms with Crippen LogP contribution in [0.1, 0.15) is 48.8 Å². The maximum absolute atomic E-state index is 11.9. The van der Waals surface area contributed by atoms with Gasteiger partial charge in [0.05, 0.1) is 22.5 Å². The summed E-state index contributed by atoms with van der Waals surface area (Å²) in [6.07, 6.45) is 0.548. The summed E-state index contributed by atoms with van der Waals surface area (Å²) in [6, 6.07) is 19.7. The second-order valence-corrected chi connectivity index (χ2v) is 8.94. The molecule has 0 bridgehead atoms. The molecule has 0 atom stereocenters. The van der Waals surface area contributed by atoms with Gasteiger partial charge in [-0.2, -0.15) is 0 Å². The number of nitrogens with one attached hydrogen (secondary N) is 1. The van der Waals surface area contributed by atoms with E-state index in [9.17, 15) is 19.8 Å². The van der Waals surface area contributed by atoms with E-state index in [2.05, 4.69) is 11.4 Å². The molecule has 178 valence electrons. The standard InChI is InChI=1S/C28H25ClN2O4/c1-16-12-19(14-25(18(16)3)30-24-7-5-4-6-22(24)27(32)33)13-21-10-8-17(2)31(21)26-11-9-20(29)15-23(26)28(34)35/h4-12,14-15,30H,13H2,1-3H3,(H,32,33)(H,34,35). The number of aromatic carboxylic acids is 2. The van der Waals surface area contributed by atoms with Gasteiger partial charge in [-0.15, -0.1) is 0 Å². The molecule has 0 aliphatic carbocycles. The minimum atomic E-state index is -1.05. The Bertz CT molecular complexity index is 1460. The maximum atomic E-state index is 11.9. The number of benzene rings is 3. The zero-order valence-corrected chi connectivity index (χ0v) is 20.3. The van der Waals surface area contributed by atoms with E-state index < -0.39 is 11.9 Å². The van der Waals surface area contributed by atoms with Gasteiger partial charge in [-0.3, -0.25) is 0 Å². The van der Waals surface area contributed by atoms with Gasteiger partial charge >= 0.3 is 11.9 Å². The van der Waals surface area contributed by atoms with Crippen molar-refractivity contribution in [3.8, 4) is 5.69 Å². The molecule has 6 nitrogen and oxygen atoms in total. The van der Waals surface area contributed by atoms with Crippen LogP contribution in [0.15, 0.2) is 66.7 Å². The van der Waals surface area contributed by atoms with Gasteiger partial charge in [0.15, 0.2) is 0 Å². The van der Waals surface area contributed by atoms with Crippen LogP contribution in [0.25, 0.3) is 5.69 Å². The average molecular weight is 489 g/mol. The van der Waals surface area contributed by atoms with Crippen LogP contribution in [0.5, 0.6) is 0 Å². The van der Waals surface area contributed by atoms with Crippen LogP contribution in [-0.4, -0.2) is 26.7 Å². The van der Waals surface area contributed by atoms with Crippen LogP contribution in [0, 0.1) is 20.8 Å². The number of nitrogens with zero attached hydrogens (tertiary/aromatic N) is 1. The largest absolute Gasteiger partial charge is 0.478 e. The number of carbonyl (C=O) groups is 2. The van der Waals surface area contributed by atoms with Crippen LogP contribution in [0.2, 0.25) is 5.02 Å². The number of aromatic nitrogens is 1. The lowest BCUT2D eigenvalue weighted by molar-refractivity contribution is 0.0686. The lowest BCUT2D eigenvalue weighted by atomic mass is 10.00. The van der Waals surface area contributed by atoms with Gasteiger partial charge in [-0.1, -0.05) is 29.8 Å². The van der Waals surface area contributed by atoms with Crippen LogP contribution in [0.4, 0.5) is 11.4 Å². The number of aryl methyl sites for hydroxylation is 2. The summed E-state index contributed by atoms with van der Waals surface area (Å²) >= 11 is 6.06. The average Bonchev–Trinajstić information content (AvgIpc) is 3.16. The summed E-state index contributed by atoms with van der Waals surface area (Å²) < 4.78 is 1.93. The van der Waals surface area contributed by atoms with E-state index in [1.807, 2.05) is 43.5 Å². The van der Waals surface area contributed by atoms with Crippen molar-refractivity contribution in [2.75, 3.05) is 5.32 Å². The molecule has 0 fully saturated rings. The third kappa shape index (κ3) is 4.93. The number of hydrogen-bond donors (Lipinski definition) is 3. The van der Waals surface area contributed by atoms with Gasteiger partial charge in [-0.05, 0) is 86.0 Å². The van der Waals surface area contributed by atoms with Crippen LogP contribution >= 0.6 is 11.6 Å². The Hall–Kier alpha value is -4.03. The number of para-hydroxylation sites is 1. The SMILES string of the molecule is Cc1cc(Cc2ccc(C)n2-c2ccc(Cl)cc2C(=O)O)cc(Nc2ccccc2C(=O)O)c1C. The number of carboxylic acid groups (broad SMARTS) is 2. The molecular weight excluding hydrogens is 464 g/mol. The molecule has 0 unspecified atom stereocenters. The van der Waals surface area contributed by atoms with Crippen molar-refractivity contribution in [1.29, 1.82) is 0 Å². The zero-order chi connectivity index (χ0) is 25.3.